The number of carboxylic acid groups (broad SMARTS) is 1. The summed E-state index contributed by atoms with van der Waals surface area (Å²) in [6.07, 6.45) is -0.251. The van der Waals surface area contributed by atoms with Crippen molar-refractivity contribution in [1.29, 1.82) is 0 Å². The Morgan fingerprint density at radius 3 is 2.61 bits per heavy atom. The van der Waals surface area contributed by atoms with Gasteiger partial charge in [0.2, 0.25) is 0 Å². The maximum Gasteiger partial charge on any atom is 0.344 e. The first kappa shape index (κ1) is 14.3. The fourth-order valence-electron chi connectivity index (χ4n) is 1.27. The lowest BCUT2D eigenvalue weighted by Gasteiger charge is -2.11. The molecule has 0 amide bonds. The molecule has 1 rings (SSSR count). The number of rotatable bonds is 5. The molecular weight excluding hydrogens is 260 g/mol. The van der Waals surface area contributed by atoms with Crippen molar-refractivity contribution in [2.24, 2.45) is 0 Å². The third-order valence-electron chi connectivity index (χ3n) is 1.90. The molecule has 1 aromatic carbocycles. The second-order valence-electron chi connectivity index (χ2n) is 3.75. The summed E-state index contributed by atoms with van der Waals surface area (Å²) in [5, 5.41) is 9.03. The van der Waals surface area contributed by atoms with Crippen LogP contribution in [0.3, 0.4) is 0 Å². The highest BCUT2D eigenvalue weighted by Crippen LogP contribution is 2.26. The highest BCUT2D eigenvalue weighted by atomic mass is 35.5. The molecule has 5 nitrogen and oxygen atoms in total. The number of hydrogen-bond acceptors (Lipinski definition) is 4. The lowest BCUT2D eigenvalue weighted by atomic mass is 10.2. The molecular formula is C12H13ClO5. The Bertz CT molecular complexity index is 456. The standard InChI is InChI=1S/C12H13ClO5/c1-7(2)18-10(14)6-17-9-5-3-4-8(13)11(9)12(15)16/h3-5,7H,6H2,1-2H3,(H,15,16). The van der Waals surface area contributed by atoms with Gasteiger partial charge >= 0.3 is 11.9 Å². The van der Waals surface area contributed by atoms with E-state index in [2.05, 4.69) is 0 Å². The number of carboxylic acids is 1. The molecule has 0 aliphatic carbocycles. The average Bonchev–Trinajstić information content (AvgIpc) is 2.24. The molecule has 0 bridgehead atoms. The van der Waals surface area contributed by atoms with Gasteiger partial charge in [-0.15, -0.1) is 0 Å². The average molecular weight is 273 g/mol. The fraction of sp³-hybridized carbons (Fsp3) is 0.333. The third kappa shape index (κ3) is 3.92. The van der Waals surface area contributed by atoms with Crippen molar-refractivity contribution in [3.63, 3.8) is 0 Å². The second-order valence-corrected chi connectivity index (χ2v) is 4.15. The summed E-state index contributed by atoms with van der Waals surface area (Å²) in [6.45, 7) is 3.05. The Labute approximate surface area is 109 Å². The first-order valence-electron chi connectivity index (χ1n) is 5.26. The van der Waals surface area contributed by atoms with Crippen LogP contribution in [0.5, 0.6) is 5.75 Å². The smallest absolute Gasteiger partial charge is 0.344 e. The number of ether oxygens (including phenoxy) is 2. The van der Waals surface area contributed by atoms with Gasteiger partial charge in [-0.1, -0.05) is 17.7 Å². The molecule has 98 valence electrons. The van der Waals surface area contributed by atoms with Crippen LogP contribution in [0.1, 0.15) is 24.2 Å². The van der Waals surface area contributed by atoms with Gasteiger partial charge in [0.25, 0.3) is 0 Å². The van der Waals surface area contributed by atoms with E-state index in [0.717, 1.165) is 0 Å². The van der Waals surface area contributed by atoms with E-state index in [1.807, 2.05) is 0 Å². The summed E-state index contributed by atoms with van der Waals surface area (Å²) in [7, 11) is 0. The molecule has 0 aliphatic heterocycles. The fourth-order valence-corrected chi connectivity index (χ4v) is 1.51. The topological polar surface area (TPSA) is 72.8 Å². The highest BCUT2D eigenvalue weighted by molar-refractivity contribution is 6.33. The zero-order valence-electron chi connectivity index (χ0n) is 9.97. The molecule has 0 atom stereocenters. The van der Waals surface area contributed by atoms with Crippen LogP contribution < -0.4 is 4.74 Å². The molecule has 0 fully saturated rings. The third-order valence-corrected chi connectivity index (χ3v) is 2.22. The maximum absolute atomic E-state index is 11.3. The number of hydrogen-bond donors (Lipinski definition) is 1. The number of esters is 1. The number of benzene rings is 1. The monoisotopic (exact) mass is 272 g/mol. The van der Waals surface area contributed by atoms with Gasteiger partial charge in [0.1, 0.15) is 11.3 Å². The Kier molecular flexibility index (Phi) is 4.97. The van der Waals surface area contributed by atoms with Gasteiger partial charge in [-0.2, -0.15) is 0 Å². The normalized spacial score (nSPS) is 10.2. The van der Waals surface area contributed by atoms with E-state index in [0.29, 0.717) is 0 Å². The quantitative estimate of drug-likeness (QED) is 0.833. The van der Waals surface area contributed by atoms with Gasteiger partial charge in [0.05, 0.1) is 11.1 Å². The van der Waals surface area contributed by atoms with Crippen LogP contribution in [-0.2, 0) is 9.53 Å². The van der Waals surface area contributed by atoms with Crippen molar-refractivity contribution < 1.29 is 24.2 Å². The second kappa shape index (κ2) is 6.26. The minimum absolute atomic E-state index is 0.0377. The van der Waals surface area contributed by atoms with Crippen LogP contribution in [0.25, 0.3) is 0 Å². The predicted octanol–water partition coefficient (Wildman–Crippen LogP) is 2.37. The molecule has 0 heterocycles. The zero-order valence-corrected chi connectivity index (χ0v) is 10.7. The molecule has 1 aromatic rings. The van der Waals surface area contributed by atoms with Crippen molar-refractivity contribution in [2.45, 2.75) is 20.0 Å². The maximum atomic E-state index is 11.3. The first-order chi connectivity index (χ1) is 8.41. The number of carbonyl (C=O) groups is 2. The van der Waals surface area contributed by atoms with Crippen molar-refractivity contribution in [2.75, 3.05) is 6.61 Å². The van der Waals surface area contributed by atoms with Crippen molar-refractivity contribution >= 4 is 23.5 Å². The SMILES string of the molecule is CC(C)OC(=O)COc1cccc(Cl)c1C(=O)O. The van der Waals surface area contributed by atoms with E-state index in [4.69, 9.17) is 26.2 Å². The van der Waals surface area contributed by atoms with Crippen LogP contribution in [-0.4, -0.2) is 29.8 Å². The van der Waals surface area contributed by atoms with Crippen molar-refractivity contribution in [3.05, 3.63) is 28.8 Å². The van der Waals surface area contributed by atoms with Crippen LogP contribution in [0.2, 0.25) is 5.02 Å². The van der Waals surface area contributed by atoms with Crippen molar-refractivity contribution in [1.82, 2.24) is 0 Å². The van der Waals surface area contributed by atoms with Gasteiger partial charge in [0, 0.05) is 0 Å². The summed E-state index contributed by atoms with van der Waals surface area (Å²) in [6, 6.07) is 4.40. The molecule has 0 unspecified atom stereocenters. The van der Waals surface area contributed by atoms with Gasteiger partial charge in [-0.3, -0.25) is 0 Å². The zero-order chi connectivity index (χ0) is 13.7. The largest absolute Gasteiger partial charge is 0.481 e. The molecule has 1 N–H and O–H groups in total. The lowest BCUT2D eigenvalue weighted by molar-refractivity contribution is -0.149. The lowest BCUT2D eigenvalue weighted by Crippen LogP contribution is -2.19. The molecule has 6 heteroatoms. The summed E-state index contributed by atoms with van der Waals surface area (Å²) < 4.78 is 9.96. The minimum Gasteiger partial charge on any atom is -0.481 e. The summed E-state index contributed by atoms with van der Waals surface area (Å²) >= 11 is 5.75. The van der Waals surface area contributed by atoms with Crippen molar-refractivity contribution in [3.8, 4) is 5.75 Å². The van der Waals surface area contributed by atoms with Crippen LogP contribution >= 0.6 is 11.6 Å². The van der Waals surface area contributed by atoms with Gasteiger partial charge in [-0.05, 0) is 26.0 Å². The number of carbonyl (C=O) groups excluding carboxylic acids is 1. The highest BCUT2D eigenvalue weighted by Gasteiger charge is 2.16. The molecule has 0 aliphatic rings. The minimum atomic E-state index is -1.21. The van der Waals surface area contributed by atoms with Gasteiger partial charge in [0.15, 0.2) is 6.61 Å². The molecule has 0 aromatic heterocycles. The summed E-state index contributed by atoms with van der Waals surface area (Å²) in [5.41, 5.74) is -0.170. The molecule has 18 heavy (non-hydrogen) atoms. The molecule has 0 radical (unpaired) electrons. The summed E-state index contributed by atoms with van der Waals surface area (Å²) in [4.78, 5) is 22.2. The van der Waals surface area contributed by atoms with E-state index in [1.165, 1.54) is 18.2 Å². The van der Waals surface area contributed by atoms with E-state index >= 15 is 0 Å². The van der Waals surface area contributed by atoms with Gasteiger partial charge in [-0.25, -0.2) is 9.59 Å². The summed E-state index contributed by atoms with van der Waals surface area (Å²) in [5.74, 6) is -1.75. The van der Waals surface area contributed by atoms with E-state index in [1.54, 1.807) is 13.8 Å². The molecule has 0 saturated carbocycles. The van der Waals surface area contributed by atoms with Gasteiger partial charge < -0.3 is 14.6 Å². The van der Waals surface area contributed by atoms with E-state index in [9.17, 15) is 9.59 Å². The van der Waals surface area contributed by atoms with Crippen LogP contribution in [0.4, 0.5) is 0 Å². The van der Waals surface area contributed by atoms with E-state index < -0.39 is 11.9 Å². The Balaban J connectivity index is 2.76. The molecule has 0 saturated heterocycles. The van der Waals surface area contributed by atoms with E-state index in [-0.39, 0.29) is 29.0 Å². The number of halogens is 1. The predicted molar refractivity (Wildman–Crippen MR) is 65.1 cm³/mol. The Hall–Kier alpha value is -1.75. The Morgan fingerprint density at radius 2 is 2.06 bits per heavy atom. The van der Waals surface area contributed by atoms with Crippen LogP contribution in [0.15, 0.2) is 18.2 Å². The Morgan fingerprint density at radius 1 is 1.39 bits per heavy atom. The van der Waals surface area contributed by atoms with Crippen LogP contribution in [0, 0.1) is 0 Å². The number of aromatic carboxylic acids is 1. The molecule has 0 spiro atoms. The first-order valence-corrected chi connectivity index (χ1v) is 5.63.